The first-order valence-corrected chi connectivity index (χ1v) is 8.16. The number of aliphatic hydroxyl groups excluding tert-OH is 1. The quantitative estimate of drug-likeness (QED) is 0.371. The number of aliphatic hydroxyl groups is 1. The molecular weight excluding hydrogens is 336 g/mol. The fraction of sp³-hybridized carbons (Fsp3) is 0.263. The van der Waals surface area contributed by atoms with Gasteiger partial charge in [-0.25, -0.2) is 4.79 Å². The standard InChI is InChI=1S/C19H22N2O5/c22-17(21-18(23)19(24)25)16(11-14-7-3-1-4-8-14)20-13-26-12-15-9-5-2-6-10-15/h1-10,16,18,20,23H,11-13H2,(H,21,22)(H,24,25)/t16-,18?/m0/s1. The Kier molecular flexibility index (Phi) is 7.75. The van der Waals surface area contributed by atoms with Crippen LogP contribution in [0.1, 0.15) is 11.1 Å². The lowest BCUT2D eigenvalue weighted by Crippen LogP contribution is -2.51. The first-order valence-electron chi connectivity index (χ1n) is 8.16. The van der Waals surface area contributed by atoms with Crippen molar-refractivity contribution in [3.63, 3.8) is 0 Å². The molecule has 2 aromatic rings. The largest absolute Gasteiger partial charge is 0.478 e. The van der Waals surface area contributed by atoms with Crippen LogP contribution in [0.15, 0.2) is 60.7 Å². The van der Waals surface area contributed by atoms with E-state index in [1.807, 2.05) is 60.7 Å². The van der Waals surface area contributed by atoms with Gasteiger partial charge in [0.05, 0.1) is 19.4 Å². The number of nitrogens with one attached hydrogen (secondary N) is 2. The van der Waals surface area contributed by atoms with Crippen molar-refractivity contribution < 1.29 is 24.5 Å². The van der Waals surface area contributed by atoms with Crippen LogP contribution in [-0.2, 0) is 27.4 Å². The monoisotopic (exact) mass is 358 g/mol. The van der Waals surface area contributed by atoms with Crippen LogP contribution in [0, 0.1) is 0 Å². The lowest BCUT2D eigenvalue weighted by atomic mass is 10.1. The summed E-state index contributed by atoms with van der Waals surface area (Å²) in [6.07, 6.45) is -1.62. The van der Waals surface area contributed by atoms with Gasteiger partial charge in [-0.2, -0.15) is 0 Å². The first kappa shape index (κ1) is 19.6. The maximum atomic E-state index is 12.3. The summed E-state index contributed by atoms with van der Waals surface area (Å²) in [4.78, 5) is 23.0. The van der Waals surface area contributed by atoms with E-state index in [9.17, 15) is 14.7 Å². The van der Waals surface area contributed by atoms with Gasteiger partial charge in [0.1, 0.15) is 0 Å². The number of amides is 1. The lowest BCUT2D eigenvalue weighted by molar-refractivity contribution is -0.151. The topological polar surface area (TPSA) is 108 Å². The maximum Gasteiger partial charge on any atom is 0.353 e. The Labute approximate surface area is 151 Å². The van der Waals surface area contributed by atoms with Gasteiger partial charge in [-0.1, -0.05) is 60.7 Å². The Balaban J connectivity index is 1.91. The van der Waals surface area contributed by atoms with Crippen molar-refractivity contribution in [2.45, 2.75) is 25.3 Å². The number of carboxylic acid groups (broad SMARTS) is 1. The van der Waals surface area contributed by atoms with Crippen LogP contribution in [0.3, 0.4) is 0 Å². The van der Waals surface area contributed by atoms with Crippen LogP contribution in [-0.4, -0.2) is 41.1 Å². The second-order valence-corrected chi connectivity index (χ2v) is 5.67. The molecule has 4 N–H and O–H groups in total. The number of aliphatic carboxylic acids is 1. The summed E-state index contributed by atoms with van der Waals surface area (Å²) < 4.78 is 5.52. The zero-order valence-corrected chi connectivity index (χ0v) is 14.2. The minimum Gasteiger partial charge on any atom is -0.478 e. The Morgan fingerprint density at radius 1 is 0.962 bits per heavy atom. The van der Waals surface area contributed by atoms with Crippen LogP contribution >= 0.6 is 0 Å². The highest BCUT2D eigenvalue weighted by atomic mass is 16.5. The molecule has 2 atom stereocenters. The maximum absolute atomic E-state index is 12.3. The van der Waals surface area contributed by atoms with Crippen molar-refractivity contribution in [3.8, 4) is 0 Å². The van der Waals surface area contributed by atoms with Crippen LogP contribution in [0.2, 0.25) is 0 Å². The van der Waals surface area contributed by atoms with Crippen LogP contribution in [0.5, 0.6) is 0 Å². The summed E-state index contributed by atoms with van der Waals surface area (Å²) in [5, 5.41) is 23.1. The van der Waals surface area contributed by atoms with E-state index in [0.29, 0.717) is 13.0 Å². The number of hydrogen-bond acceptors (Lipinski definition) is 5. The molecule has 0 aliphatic rings. The number of carbonyl (C=O) groups is 2. The second kappa shape index (κ2) is 10.3. The Hall–Kier alpha value is -2.74. The molecular formula is C19H22N2O5. The van der Waals surface area contributed by atoms with E-state index in [2.05, 4.69) is 10.6 Å². The number of benzene rings is 2. The van der Waals surface area contributed by atoms with Crippen molar-refractivity contribution in [2.24, 2.45) is 0 Å². The van der Waals surface area contributed by atoms with E-state index in [-0.39, 0.29) is 6.73 Å². The van der Waals surface area contributed by atoms with Gasteiger partial charge in [-0.3, -0.25) is 10.1 Å². The van der Waals surface area contributed by atoms with Gasteiger partial charge >= 0.3 is 5.97 Å². The Bertz CT molecular complexity index is 694. The molecule has 0 spiro atoms. The minimum atomic E-state index is -1.95. The molecule has 0 aliphatic heterocycles. The van der Waals surface area contributed by atoms with Gasteiger partial charge in [-0.15, -0.1) is 0 Å². The average molecular weight is 358 g/mol. The van der Waals surface area contributed by atoms with Gasteiger partial charge in [0.2, 0.25) is 12.1 Å². The van der Waals surface area contributed by atoms with Gasteiger partial charge in [0.25, 0.3) is 0 Å². The summed E-state index contributed by atoms with van der Waals surface area (Å²) in [6.45, 7) is 0.480. The smallest absolute Gasteiger partial charge is 0.353 e. The summed E-state index contributed by atoms with van der Waals surface area (Å²) in [7, 11) is 0. The van der Waals surface area contributed by atoms with E-state index < -0.39 is 24.1 Å². The van der Waals surface area contributed by atoms with Crippen molar-refractivity contribution in [1.29, 1.82) is 0 Å². The van der Waals surface area contributed by atoms with E-state index >= 15 is 0 Å². The molecule has 26 heavy (non-hydrogen) atoms. The molecule has 2 aromatic carbocycles. The van der Waals surface area contributed by atoms with Gasteiger partial charge < -0.3 is 20.3 Å². The van der Waals surface area contributed by atoms with Gasteiger partial charge in [0, 0.05) is 0 Å². The molecule has 138 valence electrons. The van der Waals surface area contributed by atoms with Gasteiger partial charge in [-0.05, 0) is 17.5 Å². The molecule has 0 heterocycles. The highest BCUT2D eigenvalue weighted by Gasteiger charge is 2.23. The van der Waals surface area contributed by atoms with E-state index in [4.69, 9.17) is 9.84 Å². The number of ether oxygens (including phenoxy) is 1. The van der Waals surface area contributed by atoms with Crippen molar-refractivity contribution >= 4 is 11.9 Å². The van der Waals surface area contributed by atoms with Crippen molar-refractivity contribution in [3.05, 3.63) is 71.8 Å². The highest BCUT2D eigenvalue weighted by Crippen LogP contribution is 2.05. The molecule has 7 nitrogen and oxygen atoms in total. The minimum absolute atomic E-state index is 0.100. The van der Waals surface area contributed by atoms with Crippen molar-refractivity contribution in [1.82, 2.24) is 10.6 Å². The van der Waals surface area contributed by atoms with E-state index in [0.717, 1.165) is 11.1 Å². The Morgan fingerprint density at radius 3 is 2.12 bits per heavy atom. The summed E-state index contributed by atoms with van der Waals surface area (Å²) in [6, 6.07) is 18.1. The van der Waals surface area contributed by atoms with E-state index in [1.54, 1.807) is 0 Å². The summed E-state index contributed by atoms with van der Waals surface area (Å²) >= 11 is 0. The molecule has 0 bridgehead atoms. The molecule has 2 rings (SSSR count). The predicted octanol–water partition coefficient (Wildman–Crippen LogP) is 0.881. The lowest BCUT2D eigenvalue weighted by Gasteiger charge is -2.20. The average Bonchev–Trinajstić information content (AvgIpc) is 2.65. The number of rotatable bonds is 10. The fourth-order valence-electron chi connectivity index (χ4n) is 2.31. The van der Waals surface area contributed by atoms with E-state index in [1.165, 1.54) is 0 Å². The van der Waals surface area contributed by atoms with Gasteiger partial charge in [0.15, 0.2) is 0 Å². The zero-order valence-electron chi connectivity index (χ0n) is 14.2. The normalized spacial score (nSPS) is 13.0. The third-order valence-electron chi connectivity index (χ3n) is 3.66. The molecule has 1 amide bonds. The molecule has 0 radical (unpaired) electrons. The first-order chi connectivity index (χ1) is 12.6. The second-order valence-electron chi connectivity index (χ2n) is 5.67. The van der Waals surface area contributed by atoms with Crippen molar-refractivity contribution in [2.75, 3.05) is 6.73 Å². The molecule has 0 fully saturated rings. The van der Waals surface area contributed by atoms with Crippen LogP contribution in [0.25, 0.3) is 0 Å². The number of carboxylic acids is 1. The Morgan fingerprint density at radius 2 is 1.54 bits per heavy atom. The predicted molar refractivity (Wildman–Crippen MR) is 95.0 cm³/mol. The molecule has 7 heteroatoms. The number of carbonyl (C=O) groups excluding carboxylic acids is 1. The highest BCUT2D eigenvalue weighted by molar-refractivity contribution is 5.86. The third-order valence-corrected chi connectivity index (χ3v) is 3.66. The molecule has 0 saturated heterocycles. The fourth-order valence-corrected chi connectivity index (χ4v) is 2.31. The molecule has 0 aromatic heterocycles. The molecule has 0 saturated carbocycles. The van der Waals surface area contributed by atoms with Crippen LogP contribution in [0.4, 0.5) is 0 Å². The van der Waals surface area contributed by atoms with Crippen LogP contribution < -0.4 is 10.6 Å². The summed E-state index contributed by atoms with van der Waals surface area (Å²) in [5.41, 5.74) is 1.90. The third kappa shape index (κ3) is 6.64. The number of hydrogen-bond donors (Lipinski definition) is 4. The molecule has 1 unspecified atom stereocenters. The SMILES string of the molecule is O=C(O)C(O)NC(=O)[C@H](Cc1ccccc1)NCOCc1ccccc1. The summed E-state index contributed by atoms with van der Waals surface area (Å²) in [5.74, 6) is -2.13. The zero-order chi connectivity index (χ0) is 18.8. The molecule has 0 aliphatic carbocycles.